The molecule has 11 aromatic rings. The molecular weight excluding hydrogens is 1050 g/mol. The van der Waals surface area contributed by atoms with Crippen LogP contribution in [0.5, 0.6) is 0 Å². The summed E-state index contributed by atoms with van der Waals surface area (Å²) in [5.74, 6) is 0.810. The summed E-state index contributed by atoms with van der Waals surface area (Å²) in [6.45, 7) is 15.0. The minimum Gasteiger partial charge on any atom is -0.389 e. The summed E-state index contributed by atoms with van der Waals surface area (Å²) in [5, 5.41) is 24.9. The third kappa shape index (κ3) is 16.8. The van der Waals surface area contributed by atoms with Crippen LogP contribution < -0.4 is 11.5 Å². The highest BCUT2D eigenvalue weighted by Crippen LogP contribution is 2.23. The lowest BCUT2D eigenvalue weighted by molar-refractivity contribution is 0.125. The summed E-state index contributed by atoms with van der Waals surface area (Å²) in [6.07, 6.45) is 6.86. The fourth-order valence-electron chi connectivity index (χ4n) is 9.46. The average molecular weight is 1120 g/mol. The van der Waals surface area contributed by atoms with E-state index in [9.17, 15) is 4.39 Å². The molecule has 5 heterocycles. The van der Waals surface area contributed by atoms with Crippen molar-refractivity contribution in [3.8, 4) is 6.07 Å². The van der Waals surface area contributed by atoms with Crippen LogP contribution in [0, 0.1) is 65.6 Å². The number of hydrogen-bond donors (Lipinski definition) is 2. The maximum atomic E-state index is 13.0. The molecule has 0 amide bonds. The van der Waals surface area contributed by atoms with E-state index in [1.165, 1.54) is 69.8 Å². The molecule has 14 rings (SSSR count). The quantitative estimate of drug-likeness (QED) is 0.152. The zero-order valence-electron chi connectivity index (χ0n) is 48.1. The van der Waals surface area contributed by atoms with Gasteiger partial charge in [-0.15, -0.1) is 0 Å². The summed E-state index contributed by atoms with van der Waals surface area (Å²) >= 11 is 5.86. The first kappa shape index (κ1) is 59.6. The van der Waals surface area contributed by atoms with Gasteiger partial charge < -0.3 is 21.1 Å². The Balaban J connectivity index is 0.000000127. The van der Waals surface area contributed by atoms with Crippen molar-refractivity contribution in [2.45, 2.75) is 87.4 Å². The maximum Gasteiger partial charge on any atom is 0.170 e. The zero-order chi connectivity index (χ0) is 58.8. The number of benzene rings is 8. The number of aromatic nitrogens is 3. The topological polar surface area (TPSA) is 158 Å². The number of rotatable bonds is 0. The molecular formula is C71H68ClFN8O2. The Morgan fingerprint density at radius 3 is 1.75 bits per heavy atom. The molecule has 3 aromatic heterocycles. The van der Waals surface area contributed by atoms with Crippen molar-refractivity contribution in [1.82, 2.24) is 15.0 Å². The maximum absolute atomic E-state index is 13.0. The molecule has 2 aliphatic heterocycles. The molecule has 0 saturated heterocycles. The summed E-state index contributed by atoms with van der Waals surface area (Å²) in [7, 11) is 0. The number of oxime groups is 2. The first-order valence-electron chi connectivity index (χ1n) is 27.6. The molecule has 0 unspecified atom stereocenters. The zero-order valence-corrected chi connectivity index (χ0v) is 48.8. The molecule has 418 valence electrons. The molecule has 0 bridgehead atoms. The van der Waals surface area contributed by atoms with Crippen molar-refractivity contribution in [3.63, 3.8) is 0 Å². The molecule has 0 spiro atoms. The van der Waals surface area contributed by atoms with Crippen LogP contribution in [0.3, 0.4) is 0 Å². The minimum atomic E-state index is -0.131. The lowest BCUT2D eigenvalue weighted by Gasteiger charge is -2.14. The van der Waals surface area contributed by atoms with Gasteiger partial charge >= 0.3 is 0 Å². The molecule has 0 radical (unpaired) electrons. The fourth-order valence-corrected chi connectivity index (χ4v) is 9.64. The predicted octanol–water partition coefficient (Wildman–Crippen LogP) is 16.6. The van der Waals surface area contributed by atoms with Crippen LogP contribution in [-0.4, -0.2) is 26.6 Å². The number of fused-ring (bicyclic) bond motifs is 7. The third-order valence-corrected chi connectivity index (χ3v) is 14.2. The van der Waals surface area contributed by atoms with Crippen LogP contribution >= 0.6 is 11.6 Å². The highest BCUT2D eigenvalue weighted by Gasteiger charge is 2.14. The number of halogens is 2. The van der Waals surface area contributed by atoms with Crippen molar-refractivity contribution in [2.24, 2.45) is 21.8 Å². The van der Waals surface area contributed by atoms with Crippen LogP contribution in [0.25, 0.3) is 43.4 Å². The van der Waals surface area contributed by atoms with Crippen LogP contribution in [0.4, 0.5) is 4.39 Å². The van der Waals surface area contributed by atoms with E-state index in [2.05, 4.69) is 87.6 Å². The van der Waals surface area contributed by atoms with Crippen LogP contribution in [0.15, 0.2) is 198 Å². The van der Waals surface area contributed by atoms with E-state index in [-0.39, 0.29) is 5.82 Å². The Morgan fingerprint density at radius 1 is 0.482 bits per heavy atom. The summed E-state index contributed by atoms with van der Waals surface area (Å²) < 4.78 is 13.0. The van der Waals surface area contributed by atoms with Gasteiger partial charge in [0.2, 0.25) is 0 Å². The van der Waals surface area contributed by atoms with Gasteiger partial charge in [0.25, 0.3) is 0 Å². The molecule has 0 saturated carbocycles. The van der Waals surface area contributed by atoms with E-state index < -0.39 is 0 Å². The Kier molecular flexibility index (Phi) is 20.7. The van der Waals surface area contributed by atoms with E-state index in [0.29, 0.717) is 30.4 Å². The largest absolute Gasteiger partial charge is 0.389 e. The van der Waals surface area contributed by atoms with E-state index in [1.54, 1.807) is 19.2 Å². The second-order valence-electron chi connectivity index (χ2n) is 20.7. The second kappa shape index (κ2) is 28.8. The smallest absolute Gasteiger partial charge is 0.170 e. The number of aryl methyl sites for hydroxylation is 9. The van der Waals surface area contributed by atoms with Gasteiger partial charge in [-0.2, -0.15) is 5.26 Å². The molecule has 1 aliphatic carbocycles. The number of amidine groups is 2. The van der Waals surface area contributed by atoms with E-state index in [1.807, 2.05) is 161 Å². The normalized spacial score (nSPS) is 12.3. The number of nitrogens with two attached hydrogens (primary N) is 2. The van der Waals surface area contributed by atoms with Gasteiger partial charge in [0.1, 0.15) is 19.0 Å². The molecule has 4 N–H and O–H groups in total. The minimum absolute atomic E-state index is 0.131. The van der Waals surface area contributed by atoms with Crippen molar-refractivity contribution in [1.29, 1.82) is 5.26 Å². The van der Waals surface area contributed by atoms with Gasteiger partial charge in [-0.25, -0.2) is 14.4 Å². The molecule has 12 heteroatoms. The Bertz CT molecular complexity index is 4090. The fraction of sp³-hybridized carbons (Fsp3) is 0.183. The van der Waals surface area contributed by atoms with Crippen LogP contribution in [0.2, 0.25) is 5.02 Å². The summed E-state index contributed by atoms with van der Waals surface area (Å²) in [6, 6.07) is 62.2. The van der Waals surface area contributed by atoms with Gasteiger partial charge in [0.05, 0.1) is 11.6 Å². The van der Waals surface area contributed by atoms with Crippen LogP contribution in [0.1, 0.15) is 91.1 Å². The Morgan fingerprint density at radius 2 is 1.01 bits per heavy atom. The Hall–Kier alpha value is -9.50. The molecule has 83 heavy (non-hydrogen) atoms. The highest BCUT2D eigenvalue weighted by molar-refractivity contribution is 6.31. The summed E-state index contributed by atoms with van der Waals surface area (Å²) in [4.78, 5) is 22.7. The first-order valence-corrected chi connectivity index (χ1v) is 27.9. The van der Waals surface area contributed by atoms with E-state index in [4.69, 9.17) is 38.0 Å². The predicted molar refractivity (Wildman–Crippen MR) is 339 cm³/mol. The molecule has 0 atom stereocenters. The SMILES string of the molecule is Cc1cc2ccccc2cc1C#N.Cc1cc2ccccc2cc1F.Cc1ccc2c(c1)C(N)=NOC2.Cc1ccc2c(c1)CON=C2N.Cc1ccc2c(n1)CCCC2.Cc1ccc2cc(Cl)ccc2c1.Cc1ccc2cccnc2n1. The number of pyridine rings is 3. The Labute approximate surface area is 490 Å². The van der Waals surface area contributed by atoms with Crippen molar-refractivity contribution in [3.05, 3.63) is 277 Å². The average Bonchev–Trinajstić information content (AvgIpc) is 3.49. The van der Waals surface area contributed by atoms with Crippen LogP contribution in [-0.2, 0) is 35.7 Å². The monoisotopic (exact) mass is 1120 g/mol. The van der Waals surface area contributed by atoms with Crippen molar-refractivity contribution < 1.29 is 14.1 Å². The standard InChI is InChI=1S/C12H9N.C11H9Cl.C11H9F.C10H13N.2C9H10N2O.C9H8N2/c1-9-6-10-4-2-3-5-11(10)7-12(9)8-13;1-8-2-3-10-7-11(12)5-4-9(10)6-8;1-8-6-9-4-2-3-5-10(9)7-11(8)12;1-8-6-7-9-4-2-3-5-10(9)11-8;1-6-2-3-8-7(4-6)5-12-11-9(8)10;1-6-2-3-7-5-12-11-9(10)8(7)4-6;1-7-4-5-8-3-2-6-10-9(8)11-7/h2-7H,1H3;2*2-7H,1H3;6-7H,2-5H2,1H3;2*2-4H,5H2,1H3,(H2,10,11);2-6H,1H3. The van der Waals surface area contributed by atoms with E-state index >= 15 is 0 Å². The lowest BCUT2D eigenvalue weighted by atomic mass is 9.96. The number of hydrogen-bond acceptors (Lipinski definition) is 10. The number of nitrogens with zero attached hydrogens (tertiary/aromatic N) is 6. The molecule has 0 fully saturated rings. The number of nitriles is 1. The van der Waals surface area contributed by atoms with E-state index in [0.717, 1.165) is 77.0 Å². The first-order chi connectivity index (χ1) is 40.1. The lowest BCUT2D eigenvalue weighted by Crippen LogP contribution is -2.20. The van der Waals surface area contributed by atoms with Gasteiger partial charge in [0, 0.05) is 55.9 Å². The third-order valence-electron chi connectivity index (χ3n) is 14.0. The molecule has 8 aromatic carbocycles. The van der Waals surface area contributed by atoms with Gasteiger partial charge in [-0.1, -0.05) is 154 Å². The van der Waals surface area contributed by atoms with Gasteiger partial charge in [-0.05, 0) is 190 Å². The van der Waals surface area contributed by atoms with Crippen molar-refractivity contribution >= 4 is 66.6 Å². The van der Waals surface area contributed by atoms with Crippen molar-refractivity contribution in [2.75, 3.05) is 0 Å². The van der Waals surface area contributed by atoms with Gasteiger partial charge in [0.15, 0.2) is 17.3 Å². The highest BCUT2D eigenvalue weighted by atomic mass is 35.5. The molecule has 3 aliphatic rings. The summed E-state index contributed by atoms with van der Waals surface area (Å²) in [5.41, 5.74) is 27.5. The molecule has 10 nitrogen and oxygen atoms in total. The second-order valence-corrected chi connectivity index (χ2v) is 21.1. The van der Waals surface area contributed by atoms with Gasteiger partial charge in [-0.3, -0.25) is 4.98 Å².